The fourth-order valence-electron chi connectivity index (χ4n) is 8.08. The van der Waals surface area contributed by atoms with E-state index in [0.29, 0.717) is 17.5 Å². The highest BCUT2D eigenvalue weighted by Crippen LogP contribution is 2.57. The van der Waals surface area contributed by atoms with Gasteiger partial charge in [0.15, 0.2) is 17.5 Å². The lowest BCUT2D eigenvalue weighted by molar-refractivity contribution is 0.353. The summed E-state index contributed by atoms with van der Waals surface area (Å²) in [5, 5.41) is 0. The zero-order valence-corrected chi connectivity index (χ0v) is 26.8. The van der Waals surface area contributed by atoms with Crippen LogP contribution in [0.25, 0.3) is 67.5 Å². The van der Waals surface area contributed by atoms with Crippen molar-refractivity contribution in [3.8, 4) is 67.5 Å². The predicted octanol–water partition coefficient (Wildman–Crippen LogP) is 11.4. The van der Waals surface area contributed by atoms with Crippen LogP contribution in [0, 0.1) is 0 Å². The summed E-state index contributed by atoms with van der Waals surface area (Å²) < 4.78 is 0. The van der Waals surface area contributed by atoms with Gasteiger partial charge in [0.2, 0.25) is 0 Å². The van der Waals surface area contributed by atoms with Crippen molar-refractivity contribution in [2.75, 3.05) is 0 Å². The normalized spacial score (nSPS) is 14.4. The van der Waals surface area contributed by atoms with E-state index in [9.17, 15) is 0 Å². The van der Waals surface area contributed by atoms with Gasteiger partial charge < -0.3 is 0 Å². The van der Waals surface area contributed by atoms with Gasteiger partial charge in [-0.3, -0.25) is 0 Å². The molecule has 9 rings (SSSR count). The Hall–Kier alpha value is -5.67. The second-order valence-corrected chi connectivity index (χ2v) is 13.1. The Balaban J connectivity index is 1.14. The van der Waals surface area contributed by atoms with E-state index in [1.54, 1.807) is 0 Å². The number of aromatic nitrogens is 3. The molecule has 0 unspecified atom stereocenters. The van der Waals surface area contributed by atoms with Crippen molar-refractivity contribution in [2.45, 2.75) is 37.5 Å². The minimum Gasteiger partial charge on any atom is -0.208 e. The third-order valence-corrected chi connectivity index (χ3v) is 10.3. The molecular weight excluding hydrogens is 583 g/mol. The maximum absolute atomic E-state index is 4.98. The Bertz CT molecular complexity index is 2210. The molecule has 0 bridgehead atoms. The summed E-state index contributed by atoms with van der Waals surface area (Å²) in [7, 11) is 0. The van der Waals surface area contributed by atoms with Crippen LogP contribution < -0.4 is 0 Å². The molecule has 0 saturated heterocycles. The van der Waals surface area contributed by atoms with Crippen molar-refractivity contribution in [1.82, 2.24) is 15.0 Å². The topological polar surface area (TPSA) is 38.7 Å². The van der Waals surface area contributed by atoms with E-state index >= 15 is 0 Å². The van der Waals surface area contributed by atoms with Crippen LogP contribution in [0.1, 0.15) is 43.2 Å². The molecule has 1 heterocycles. The molecule has 0 atom stereocenters. The Labute approximate surface area is 282 Å². The Morgan fingerprint density at radius 2 is 0.812 bits per heavy atom. The highest BCUT2D eigenvalue weighted by molar-refractivity contribution is 5.93. The van der Waals surface area contributed by atoms with Crippen LogP contribution in [0.15, 0.2) is 152 Å². The first kappa shape index (κ1) is 28.5. The number of hydrogen-bond acceptors (Lipinski definition) is 3. The zero-order chi connectivity index (χ0) is 31.9. The number of benzene rings is 6. The van der Waals surface area contributed by atoms with Crippen LogP contribution in [0.5, 0.6) is 0 Å². The lowest BCUT2D eigenvalue weighted by Gasteiger charge is -2.36. The second-order valence-electron chi connectivity index (χ2n) is 13.1. The molecule has 3 heteroatoms. The molecule has 2 aliphatic carbocycles. The van der Waals surface area contributed by atoms with Gasteiger partial charge in [-0.1, -0.05) is 159 Å². The zero-order valence-electron chi connectivity index (χ0n) is 26.8. The van der Waals surface area contributed by atoms with Crippen LogP contribution in [-0.2, 0) is 5.41 Å². The molecule has 1 spiro atoms. The molecular formula is C45H35N3. The van der Waals surface area contributed by atoms with E-state index in [-0.39, 0.29) is 5.41 Å². The van der Waals surface area contributed by atoms with Crippen molar-refractivity contribution >= 4 is 0 Å². The smallest absolute Gasteiger partial charge is 0.164 e. The van der Waals surface area contributed by atoms with Gasteiger partial charge in [-0.2, -0.15) is 0 Å². The van der Waals surface area contributed by atoms with E-state index < -0.39 is 0 Å². The van der Waals surface area contributed by atoms with E-state index in [0.717, 1.165) is 22.3 Å². The second kappa shape index (κ2) is 11.8. The van der Waals surface area contributed by atoms with Gasteiger partial charge in [-0.15, -0.1) is 0 Å². The Morgan fingerprint density at radius 1 is 0.354 bits per heavy atom. The van der Waals surface area contributed by atoms with Crippen molar-refractivity contribution in [1.29, 1.82) is 0 Å². The SMILES string of the molecule is c1ccc(-c2nc(-c3ccccc3)nc(-c3cccc(-c4cccc(-c5cccc6c5-c5ccccc5C65CCCCC5)c4)c3)n2)cc1. The van der Waals surface area contributed by atoms with Crippen LogP contribution in [-0.4, -0.2) is 15.0 Å². The monoisotopic (exact) mass is 617 g/mol. The highest BCUT2D eigenvalue weighted by atomic mass is 15.0. The number of fused-ring (bicyclic) bond motifs is 5. The average molecular weight is 618 g/mol. The number of hydrogen-bond donors (Lipinski definition) is 0. The third-order valence-electron chi connectivity index (χ3n) is 10.3. The maximum atomic E-state index is 4.98. The van der Waals surface area contributed by atoms with Gasteiger partial charge in [-0.25, -0.2) is 15.0 Å². The fourth-order valence-corrected chi connectivity index (χ4v) is 8.08. The summed E-state index contributed by atoms with van der Waals surface area (Å²) in [4.78, 5) is 14.8. The van der Waals surface area contributed by atoms with Crippen LogP contribution in [0.2, 0.25) is 0 Å². The molecule has 7 aromatic rings. The molecule has 2 aliphatic rings. The van der Waals surface area contributed by atoms with Crippen LogP contribution in [0.3, 0.4) is 0 Å². The summed E-state index contributed by atoms with van der Waals surface area (Å²) in [6.45, 7) is 0. The maximum Gasteiger partial charge on any atom is 0.164 e. The summed E-state index contributed by atoms with van der Waals surface area (Å²) in [5.41, 5.74) is 13.8. The summed E-state index contributed by atoms with van der Waals surface area (Å²) in [5.74, 6) is 2.00. The fraction of sp³-hybridized carbons (Fsp3) is 0.133. The van der Waals surface area contributed by atoms with Gasteiger partial charge in [0.1, 0.15) is 0 Å². The lowest BCUT2D eigenvalue weighted by atomic mass is 9.68. The highest BCUT2D eigenvalue weighted by Gasteiger charge is 2.44. The molecule has 1 saturated carbocycles. The van der Waals surface area contributed by atoms with Crippen molar-refractivity contribution < 1.29 is 0 Å². The minimum absolute atomic E-state index is 0.147. The van der Waals surface area contributed by atoms with Gasteiger partial charge in [0.25, 0.3) is 0 Å². The average Bonchev–Trinajstić information content (AvgIpc) is 3.44. The van der Waals surface area contributed by atoms with E-state index in [4.69, 9.17) is 15.0 Å². The minimum atomic E-state index is 0.147. The summed E-state index contributed by atoms with van der Waals surface area (Å²) in [6, 6.07) is 54.0. The molecule has 0 aliphatic heterocycles. The van der Waals surface area contributed by atoms with E-state index in [1.165, 1.54) is 71.0 Å². The van der Waals surface area contributed by atoms with E-state index in [2.05, 4.69) is 91.0 Å². The molecule has 1 fully saturated rings. The first-order valence-electron chi connectivity index (χ1n) is 17.1. The van der Waals surface area contributed by atoms with Gasteiger partial charge in [0, 0.05) is 22.1 Å². The van der Waals surface area contributed by atoms with Crippen molar-refractivity contribution in [2.24, 2.45) is 0 Å². The van der Waals surface area contributed by atoms with E-state index in [1.807, 2.05) is 60.7 Å². The quantitative estimate of drug-likeness (QED) is 0.193. The van der Waals surface area contributed by atoms with Gasteiger partial charge in [-0.05, 0) is 69.5 Å². The molecule has 1 aromatic heterocycles. The molecule has 0 N–H and O–H groups in total. The standard InChI is InChI=1S/C45H35N3/c1-4-15-31(16-5-1)42-46-43(32-17-6-2-7-18-32)48-44(47-42)36-22-13-20-34(30-36)33-19-12-21-35(29-33)37-24-14-26-40-41(37)38-23-8-9-25-39(38)45(40)27-10-3-11-28-45/h1-2,4-9,12-26,29-30H,3,10-11,27-28H2. The van der Waals surface area contributed by atoms with Crippen LogP contribution >= 0.6 is 0 Å². The molecule has 0 amide bonds. The third kappa shape index (κ3) is 4.86. The van der Waals surface area contributed by atoms with Gasteiger partial charge >= 0.3 is 0 Å². The van der Waals surface area contributed by atoms with Gasteiger partial charge in [0.05, 0.1) is 0 Å². The molecule has 6 aromatic carbocycles. The van der Waals surface area contributed by atoms with Crippen molar-refractivity contribution in [3.05, 3.63) is 163 Å². The lowest BCUT2D eigenvalue weighted by Crippen LogP contribution is -2.27. The first-order valence-corrected chi connectivity index (χ1v) is 17.1. The summed E-state index contributed by atoms with van der Waals surface area (Å²) >= 11 is 0. The summed E-state index contributed by atoms with van der Waals surface area (Å²) in [6.07, 6.45) is 6.41. The largest absolute Gasteiger partial charge is 0.208 e. The number of rotatable bonds is 5. The molecule has 230 valence electrons. The van der Waals surface area contributed by atoms with Crippen LogP contribution in [0.4, 0.5) is 0 Å². The molecule has 48 heavy (non-hydrogen) atoms. The predicted molar refractivity (Wildman–Crippen MR) is 196 cm³/mol. The number of nitrogens with zero attached hydrogens (tertiary/aromatic N) is 3. The Morgan fingerprint density at radius 3 is 1.48 bits per heavy atom. The first-order chi connectivity index (χ1) is 23.8. The molecule has 3 nitrogen and oxygen atoms in total. The van der Waals surface area contributed by atoms with Crippen molar-refractivity contribution in [3.63, 3.8) is 0 Å². The Kier molecular flexibility index (Phi) is 7.04. The molecule has 0 radical (unpaired) electrons.